The van der Waals surface area contributed by atoms with Gasteiger partial charge in [-0.05, 0) is 78.2 Å². The van der Waals surface area contributed by atoms with Crippen molar-refractivity contribution >= 4 is 62.8 Å². The van der Waals surface area contributed by atoms with Gasteiger partial charge in [0.05, 0.1) is 41.5 Å². The minimum Gasteiger partial charge on any atom is -0.494 e. The van der Waals surface area contributed by atoms with E-state index in [4.69, 9.17) is 37.3 Å². The number of benzene rings is 3. The summed E-state index contributed by atoms with van der Waals surface area (Å²) in [6, 6.07) is 18.1. The molecule has 10 nitrogen and oxygen atoms in total. The molecule has 46 heavy (non-hydrogen) atoms. The molecule has 0 unspecified atom stereocenters. The van der Waals surface area contributed by atoms with Crippen molar-refractivity contribution in [2.45, 2.75) is 6.42 Å². The SMILES string of the molecule is Nc1cc(-c2cc(/C=C3\SC(=S)N(CCCOc4ccc(C(=O)O)cc4)C3=O)ccc2OCCN2CCOCC2)cc2cc[nH]c12. The van der Waals surface area contributed by atoms with Gasteiger partial charge in [-0.3, -0.25) is 14.6 Å². The monoisotopic (exact) mass is 658 g/mol. The van der Waals surface area contributed by atoms with Gasteiger partial charge in [-0.1, -0.05) is 30.0 Å². The Kier molecular flexibility index (Phi) is 9.88. The standard InChI is InChI=1S/C34H34N4O6S2/c35-28-21-25(20-24-8-9-36-31(24)28)27-18-22(2-7-29(27)44-17-13-37-11-15-42-16-12-37)19-30-32(39)38(34(45)46-30)10-1-14-43-26-5-3-23(4-6-26)33(40)41/h2-9,18-21,36H,1,10-17,35H2,(H,40,41)/b30-19-. The number of aromatic amines is 1. The molecule has 0 spiro atoms. The molecule has 4 aromatic rings. The molecule has 2 saturated heterocycles. The number of morpholine rings is 1. The zero-order valence-electron chi connectivity index (χ0n) is 25.1. The maximum absolute atomic E-state index is 13.4. The number of H-pyrrole nitrogens is 1. The number of hydrogen-bond acceptors (Lipinski definition) is 9. The molecule has 6 rings (SSSR count). The van der Waals surface area contributed by atoms with Crippen LogP contribution in [0.1, 0.15) is 22.3 Å². The highest BCUT2D eigenvalue weighted by Gasteiger charge is 2.31. The molecule has 0 atom stereocenters. The molecular formula is C34H34N4O6S2. The predicted octanol–water partition coefficient (Wildman–Crippen LogP) is 5.50. The van der Waals surface area contributed by atoms with Gasteiger partial charge < -0.3 is 30.0 Å². The maximum Gasteiger partial charge on any atom is 0.335 e. The fourth-order valence-electron chi connectivity index (χ4n) is 5.41. The molecule has 3 heterocycles. The first-order valence-electron chi connectivity index (χ1n) is 15.0. The van der Waals surface area contributed by atoms with Crippen LogP contribution in [0.5, 0.6) is 11.5 Å². The predicted molar refractivity (Wildman–Crippen MR) is 184 cm³/mol. The Balaban J connectivity index is 1.15. The number of anilines is 1. The Bertz CT molecular complexity index is 1780. The summed E-state index contributed by atoms with van der Waals surface area (Å²) in [5.74, 6) is 0.171. The number of hydrogen-bond donors (Lipinski definition) is 3. The van der Waals surface area contributed by atoms with Gasteiger partial charge in [0.15, 0.2) is 0 Å². The maximum atomic E-state index is 13.4. The van der Waals surface area contributed by atoms with E-state index in [2.05, 4.69) is 16.0 Å². The number of carboxylic acid groups (broad SMARTS) is 1. The van der Waals surface area contributed by atoms with E-state index in [1.54, 1.807) is 17.0 Å². The number of amides is 1. The molecule has 0 aliphatic carbocycles. The van der Waals surface area contributed by atoms with E-state index in [-0.39, 0.29) is 11.5 Å². The van der Waals surface area contributed by atoms with Crippen LogP contribution in [0.15, 0.2) is 71.8 Å². The highest BCUT2D eigenvalue weighted by Crippen LogP contribution is 2.38. The number of fused-ring (bicyclic) bond motifs is 1. The molecule has 1 aromatic heterocycles. The summed E-state index contributed by atoms with van der Waals surface area (Å²) in [7, 11) is 0. The van der Waals surface area contributed by atoms with E-state index in [1.165, 1.54) is 23.9 Å². The summed E-state index contributed by atoms with van der Waals surface area (Å²) in [5.41, 5.74) is 10.8. The largest absolute Gasteiger partial charge is 0.494 e. The van der Waals surface area contributed by atoms with Crippen LogP contribution in [0, 0.1) is 0 Å². The minimum atomic E-state index is -0.989. The third-order valence-electron chi connectivity index (χ3n) is 7.84. The van der Waals surface area contributed by atoms with Crippen LogP contribution in [0.25, 0.3) is 28.1 Å². The van der Waals surface area contributed by atoms with Crippen molar-refractivity contribution in [3.63, 3.8) is 0 Å². The zero-order chi connectivity index (χ0) is 32.0. The molecule has 3 aromatic carbocycles. The summed E-state index contributed by atoms with van der Waals surface area (Å²) < 4.78 is 18.0. The van der Waals surface area contributed by atoms with Gasteiger partial charge in [0.25, 0.3) is 5.91 Å². The molecule has 2 aliphatic heterocycles. The molecule has 12 heteroatoms. The molecule has 2 fully saturated rings. The number of carbonyl (C=O) groups excluding carboxylic acids is 1. The van der Waals surface area contributed by atoms with Crippen molar-refractivity contribution in [1.29, 1.82) is 0 Å². The highest BCUT2D eigenvalue weighted by molar-refractivity contribution is 8.26. The molecule has 0 bridgehead atoms. The number of carboxylic acids is 1. The molecule has 4 N–H and O–H groups in total. The Labute approximate surface area is 276 Å². The van der Waals surface area contributed by atoms with Gasteiger partial charge in [0.2, 0.25) is 0 Å². The summed E-state index contributed by atoms with van der Waals surface area (Å²) in [5, 5.41) is 10.1. The number of aromatic nitrogens is 1. The second-order valence-electron chi connectivity index (χ2n) is 10.9. The summed E-state index contributed by atoms with van der Waals surface area (Å²) >= 11 is 6.83. The van der Waals surface area contributed by atoms with E-state index < -0.39 is 5.97 Å². The van der Waals surface area contributed by atoms with Crippen molar-refractivity contribution in [2.75, 3.05) is 58.3 Å². The lowest BCUT2D eigenvalue weighted by molar-refractivity contribution is -0.122. The average Bonchev–Trinajstić information content (AvgIpc) is 3.64. The molecule has 0 saturated carbocycles. The van der Waals surface area contributed by atoms with E-state index in [0.29, 0.717) is 46.8 Å². The van der Waals surface area contributed by atoms with Crippen LogP contribution in [-0.2, 0) is 9.53 Å². The third-order valence-corrected chi connectivity index (χ3v) is 9.22. The molecule has 2 aliphatic rings. The first kappa shape index (κ1) is 31.6. The lowest BCUT2D eigenvalue weighted by Crippen LogP contribution is -2.38. The number of thiocarbonyl (C=S) groups is 1. The number of nitrogens with one attached hydrogen (secondary N) is 1. The second kappa shape index (κ2) is 14.4. The van der Waals surface area contributed by atoms with Crippen LogP contribution in [0.2, 0.25) is 0 Å². The van der Waals surface area contributed by atoms with Gasteiger partial charge in [-0.15, -0.1) is 0 Å². The normalized spacial score (nSPS) is 16.4. The van der Waals surface area contributed by atoms with E-state index in [9.17, 15) is 9.59 Å². The van der Waals surface area contributed by atoms with Crippen LogP contribution in [0.3, 0.4) is 0 Å². The first-order chi connectivity index (χ1) is 22.4. The average molecular weight is 659 g/mol. The number of aromatic carboxylic acids is 1. The Morgan fingerprint density at radius 2 is 1.85 bits per heavy atom. The van der Waals surface area contributed by atoms with Crippen molar-refractivity contribution in [3.8, 4) is 22.6 Å². The van der Waals surface area contributed by atoms with Crippen LogP contribution in [0.4, 0.5) is 5.69 Å². The highest BCUT2D eigenvalue weighted by atomic mass is 32.2. The molecular weight excluding hydrogens is 625 g/mol. The van der Waals surface area contributed by atoms with Crippen molar-refractivity contribution in [3.05, 3.63) is 82.9 Å². The zero-order valence-corrected chi connectivity index (χ0v) is 26.7. The van der Waals surface area contributed by atoms with Gasteiger partial charge in [0, 0.05) is 43.3 Å². The summed E-state index contributed by atoms with van der Waals surface area (Å²) in [4.78, 5) is 32.0. The van der Waals surface area contributed by atoms with Crippen molar-refractivity contribution < 1.29 is 28.9 Å². The van der Waals surface area contributed by atoms with Gasteiger partial charge in [0.1, 0.15) is 22.4 Å². The fourth-order valence-corrected chi connectivity index (χ4v) is 6.71. The first-order valence-corrected chi connectivity index (χ1v) is 16.2. The smallest absolute Gasteiger partial charge is 0.335 e. The number of ether oxygens (including phenoxy) is 3. The minimum absolute atomic E-state index is 0.147. The van der Waals surface area contributed by atoms with E-state index >= 15 is 0 Å². The molecule has 0 radical (unpaired) electrons. The Morgan fingerprint density at radius 1 is 1.04 bits per heavy atom. The number of nitrogen functional groups attached to an aromatic ring is 1. The quantitative estimate of drug-likeness (QED) is 0.0777. The van der Waals surface area contributed by atoms with E-state index in [0.717, 1.165) is 66.2 Å². The number of nitrogens with zero attached hydrogens (tertiary/aromatic N) is 2. The number of carbonyl (C=O) groups is 2. The number of thioether (sulfide) groups is 1. The van der Waals surface area contributed by atoms with Crippen LogP contribution >= 0.6 is 24.0 Å². The summed E-state index contributed by atoms with van der Waals surface area (Å²) in [6.45, 7) is 5.35. The fraction of sp³-hybridized carbons (Fsp3) is 0.265. The second-order valence-corrected chi connectivity index (χ2v) is 12.6. The van der Waals surface area contributed by atoms with Crippen molar-refractivity contribution in [2.24, 2.45) is 0 Å². The van der Waals surface area contributed by atoms with Gasteiger partial charge in [-0.25, -0.2) is 4.79 Å². The lowest BCUT2D eigenvalue weighted by Gasteiger charge is -2.26. The Morgan fingerprint density at radius 3 is 2.63 bits per heavy atom. The molecule has 238 valence electrons. The topological polar surface area (TPSA) is 130 Å². The third kappa shape index (κ3) is 7.37. The van der Waals surface area contributed by atoms with Crippen LogP contribution in [-0.4, -0.2) is 88.7 Å². The van der Waals surface area contributed by atoms with E-state index in [1.807, 2.05) is 42.6 Å². The van der Waals surface area contributed by atoms with Gasteiger partial charge >= 0.3 is 5.97 Å². The van der Waals surface area contributed by atoms with Crippen molar-refractivity contribution in [1.82, 2.24) is 14.8 Å². The molecule has 1 amide bonds. The number of rotatable bonds is 12. The van der Waals surface area contributed by atoms with Crippen LogP contribution < -0.4 is 15.2 Å². The van der Waals surface area contributed by atoms with Gasteiger partial charge in [-0.2, -0.15) is 0 Å². The Hall–Kier alpha value is -4.36. The number of nitrogens with two attached hydrogens (primary N) is 1. The lowest BCUT2D eigenvalue weighted by atomic mass is 9.99. The summed E-state index contributed by atoms with van der Waals surface area (Å²) in [6.07, 6.45) is 4.29.